The summed E-state index contributed by atoms with van der Waals surface area (Å²) in [7, 11) is 0. The van der Waals surface area contributed by atoms with Crippen molar-refractivity contribution in [1.29, 1.82) is 0 Å². The van der Waals surface area contributed by atoms with E-state index < -0.39 is 0 Å². The number of thiol groups is 1. The van der Waals surface area contributed by atoms with Crippen molar-refractivity contribution in [3.05, 3.63) is 34.1 Å². The fourth-order valence-electron chi connectivity index (χ4n) is 1.72. The van der Waals surface area contributed by atoms with Crippen molar-refractivity contribution in [3.8, 4) is 0 Å². The molecule has 0 heterocycles. The molecule has 0 saturated carbocycles. The lowest BCUT2D eigenvalue weighted by Gasteiger charge is -2.26. The molecule has 4 heteroatoms. The molecular weight excluding hydrogens is 301 g/mol. The van der Waals surface area contributed by atoms with Crippen LogP contribution in [-0.2, 0) is 5.41 Å². The number of nitrogens with one attached hydrogen (secondary N) is 1. The molecule has 1 aromatic rings. The van der Waals surface area contributed by atoms with Crippen molar-refractivity contribution in [3.63, 3.8) is 0 Å². The predicted octanol–water partition coefficient (Wildman–Crippen LogP) is 3.78. The molecule has 1 aromatic carbocycles. The van der Waals surface area contributed by atoms with Gasteiger partial charge in [0, 0.05) is 16.4 Å². The molecule has 0 bridgehead atoms. The molecular formula is C13H19BrFNS. The normalized spacial score (nSPS) is 11.8. The minimum absolute atomic E-state index is 0.144. The Morgan fingerprint density at radius 2 is 2.12 bits per heavy atom. The first-order valence-electron chi connectivity index (χ1n) is 5.74. The van der Waals surface area contributed by atoms with Crippen LogP contribution in [0.15, 0.2) is 22.7 Å². The highest BCUT2D eigenvalue weighted by Crippen LogP contribution is 2.27. The fraction of sp³-hybridized carbons (Fsp3) is 0.538. The lowest BCUT2D eigenvalue weighted by atomic mass is 9.84. The van der Waals surface area contributed by atoms with Crippen LogP contribution in [0.3, 0.4) is 0 Å². The standard InChI is InChI=1S/C13H19BrFNS/c1-13(2,9-16-6-3-7-17)11-8-10(14)4-5-12(11)15/h4-5,8,16-17H,3,6-7,9H2,1-2H3. The molecule has 0 aliphatic carbocycles. The first-order valence-corrected chi connectivity index (χ1v) is 7.17. The van der Waals surface area contributed by atoms with E-state index >= 15 is 0 Å². The van der Waals surface area contributed by atoms with E-state index in [1.165, 1.54) is 6.07 Å². The van der Waals surface area contributed by atoms with E-state index in [0.29, 0.717) is 0 Å². The third-order valence-corrected chi connectivity index (χ3v) is 3.55. The number of hydrogen-bond donors (Lipinski definition) is 2. The summed E-state index contributed by atoms with van der Waals surface area (Å²) in [6, 6.07) is 5.09. The zero-order valence-corrected chi connectivity index (χ0v) is 12.7. The highest BCUT2D eigenvalue weighted by atomic mass is 79.9. The SMILES string of the molecule is CC(C)(CNCCCS)c1cc(Br)ccc1F. The molecule has 0 spiro atoms. The molecule has 0 amide bonds. The smallest absolute Gasteiger partial charge is 0.127 e. The van der Waals surface area contributed by atoms with E-state index in [4.69, 9.17) is 0 Å². The second kappa shape index (κ2) is 6.76. The van der Waals surface area contributed by atoms with Gasteiger partial charge in [0.05, 0.1) is 0 Å². The monoisotopic (exact) mass is 319 g/mol. The van der Waals surface area contributed by atoms with Gasteiger partial charge in [0.1, 0.15) is 5.82 Å². The van der Waals surface area contributed by atoms with Crippen LogP contribution in [0.25, 0.3) is 0 Å². The molecule has 0 aliphatic rings. The number of hydrogen-bond acceptors (Lipinski definition) is 2. The van der Waals surface area contributed by atoms with Crippen LogP contribution in [0, 0.1) is 5.82 Å². The molecule has 0 saturated heterocycles. The van der Waals surface area contributed by atoms with Crippen molar-refractivity contribution in [2.24, 2.45) is 0 Å². The minimum Gasteiger partial charge on any atom is -0.316 e. The summed E-state index contributed by atoms with van der Waals surface area (Å²) in [5, 5.41) is 3.34. The van der Waals surface area contributed by atoms with Gasteiger partial charge in [-0.2, -0.15) is 12.6 Å². The molecule has 1 nitrogen and oxygen atoms in total. The Morgan fingerprint density at radius 3 is 2.76 bits per heavy atom. The van der Waals surface area contributed by atoms with Crippen LogP contribution in [-0.4, -0.2) is 18.8 Å². The Morgan fingerprint density at radius 1 is 1.41 bits per heavy atom. The van der Waals surface area contributed by atoms with Crippen LogP contribution in [0.1, 0.15) is 25.8 Å². The molecule has 1 N–H and O–H groups in total. The van der Waals surface area contributed by atoms with E-state index in [0.717, 1.165) is 35.3 Å². The van der Waals surface area contributed by atoms with Gasteiger partial charge in [-0.15, -0.1) is 0 Å². The molecule has 0 aliphatic heterocycles. The molecule has 17 heavy (non-hydrogen) atoms. The first-order chi connectivity index (χ1) is 7.97. The largest absolute Gasteiger partial charge is 0.316 e. The number of rotatable bonds is 6. The molecule has 1 rings (SSSR count). The van der Waals surface area contributed by atoms with Gasteiger partial charge in [-0.1, -0.05) is 29.8 Å². The van der Waals surface area contributed by atoms with Crippen molar-refractivity contribution >= 4 is 28.6 Å². The molecule has 0 aromatic heterocycles. The summed E-state index contributed by atoms with van der Waals surface area (Å²) in [5.41, 5.74) is 0.523. The summed E-state index contributed by atoms with van der Waals surface area (Å²) in [5.74, 6) is 0.729. The lowest BCUT2D eigenvalue weighted by Crippen LogP contribution is -2.34. The van der Waals surface area contributed by atoms with E-state index in [1.54, 1.807) is 6.07 Å². The van der Waals surface area contributed by atoms with Crippen LogP contribution in [0.5, 0.6) is 0 Å². The lowest BCUT2D eigenvalue weighted by molar-refractivity contribution is 0.445. The second-order valence-corrected chi connectivity index (χ2v) is 6.12. The zero-order chi connectivity index (χ0) is 12.9. The summed E-state index contributed by atoms with van der Waals surface area (Å²) in [6.07, 6.45) is 1.03. The maximum atomic E-state index is 13.8. The fourth-order valence-corrected chi connectivity index (χ4v) is 2.24. The molecule has 96 valence electrons. The van der Waals surface area contributed by atoms with E-state index in [-0.39, 0.29) is 11.2 Å². The van der Waals surface area contributed by atoms with Crippen molar-refractivity contribution in [1.82, 2.24) is 5.32 Å². The topological polar surface area (TPSA) is 12.0 Å². The highest BCUT2D eigenvalue weighted by Gasteiger charge is 2.23. The Kier molecular flexibility index (Phi) is 5.97. The van der Waals surface area contributed by atoms with Gasteiger partial charge in [-0.3, -0.25) is 0 Å². The van der Waals surface area contributed by atoms with Gasteiger partial charge in [0.2, 0.25) is 0 Å². The Bertz CT molecular complexity index is 368. The van der Waals surface area contributed by atoms with Gasteiger partial charge in [-0.25, -0.2) is 4.39 Å². The molecule has 0 radical (unpaired) electrons. The Labute approximate surface area is 117 Å². The third kappa shape index (κ3) is 4.60. The summed E-state index contributed by atoms with van der Waals surface area (Å²) >= 11 is 7.54. The van der Waals surface area contributed by atoms with Gasteiger partial charge >= 0.3 is 0 Å². The summed E-state index contributed by atoms with van der Waals surface area (Å²) < 4.78 is 14.7. The van der Waals surface area contributed by atoms with Gasteiger partial charge in [0.15, 0.2) is 0 Å². The average Bonchev–Trinajstić information content (AvgIpc) is 2.28. The maximum Gasteiger partial charge on any atom is 0.127 e. The summed E-state index contributed by atoms with van der Waals surface area (Å²) in [6.45, 7) is 5.77. The Hall–Kier alpha value is -0.0600. The predicted molar refractivity (Wildman–Crippen MR) is 78.5 cm³/mol. The first kappa shape index (κ1) is 15.0. The molecule has 0 atom stereocenters. The van der Waals surface area contributed by atoms with E-state index in [9.17, 15) is 4.39 Å². The van der Waals surface area contributed by atoms with Gasteiger partial charge < -0.3 is 5.32 Å². The summed E-state index contributed by atoms with van der Waals surface area (Å²) in [4.78, 5) is 0. The van der Waals surface area contributed by atoms with Crippen molar-refractivity contribution in [2.75, 3.05) is 18.8 Å². The quantitative estimate of drug-likeness (QED) is 0.600. The average molecular weight is 320 g/mol. The van der Waals surface area contributed by atoms with E-state index in [2.05, 4.69) is 33.9 Å². The van der Waals surface area contributed by atoms with Gasteiger partial charge in [0.25, 0.3) is 0 Å². The minimum atomic E-state index is -0.218. The van der Waals surface area contributed by atoms with Gasteiger partial charge in [-0.05, 0) is 42.5 Å². The number of halogens is 2. The maximum absolute atomic E-state index is 13.8. The number of benzene rings is 1. The van der Waals surface area contributed by atoms with Crippen molar-refractivity contribution in [2.45, 2.75) is 25.7 Å². The van der Waals surface area contributed by atoms with Crippen molar-refractivity contribution < 1.29 is 4.39 Å². The van der Waals surface area contributed by atoms with Crippen LogP contribution in [0.4, 0.5) is 4.39 Å². The van der Waals surface area contributed by atoms with Crippen LogP contribution in [0.2, 0.25) is 0 Å². The highest BCUT2D eigenvalue weighted by molar-refractivity contribution is 9.10. The molecule has 0 unspecified atom stereocenters. The third-order valence-electron chi connectivity index (χ3n) is 2.74. The van der Waals surface area contributed by atoms with Crippen LogP contribution >= 0.6 is 28.6 Å². The zero-order valence-electron chi connectivity index (χ0n) is 10.3. The van der Waals surface area contributed by atoms with E-state index in [1.807, 2.05) is 19.9 Å². The second-order valence-electron chi connectivity index (χ2n) is 4.76. The van der Waals surface area contributed by atoms with Crippen LogP contribution < -0.4 is 5.32 Å². The Balaban J connectivity index is 2.71. The molecule has 0 fully saturated rings.